The van der Waals surface area contributed by atoms with Gasteiger partial charge in [0.1, 0.15) is 11.4 Å². The summed E-state index contributed by atoms with van der Waals surface area (Å²) in [6.07, 6.45) is -3.06. The number of amides is 1. The Morgan fingerprint density at radius 3 is 2.37 bits per heavy atom. The molecule has 2 aromatic rings. The van der Waals surface area contributed by atoms with E-state index in [4.69, 9.17) is 15.2 Å². The van der Waals surface area contributed by atoms with Crippen LogP contribution in [0.25, 0.3) is 0 Å². The summed E-state index contributed by atoms with van der Waals surface area (Å²) in [5, 5.41) is 2.73. The number of nitrogens with two attached hydrogens (primary N) is 1. The molecule has 1 saturated heterocycles. The van der Waals surface area contributed by atoms with E-state index in [0.29, 0.717) is 24.7 Å². The second-order valence-corrected chi connectivity index (χ2v) is 6.45. The Labute approximate surface area is 184 Å². The van der Waals surface area contributed by atoms with Gasteiger partial charge in [0.25, 0.3) is 0 Å². The average molecular weight is 468 g/mol. The standard InChI is InChI=1S/C19H20F3N3O3.2ClH/c20-19(21,22)15-2-1-3-16(25-15)28-14-6-4-13(5-7-14)24-18(26)17(23)12-8-10-27-11-9-12;;/h1-7,12,17H,8-11,23H2,(H,24,26);2*1H. The van der Waals surface area contributed by atoms with Crippen LogP contribution < -0.4 is 15.8 Å². The predicted molar refractivity (Wildman–Crippen MR) is 110 cm³/mol. The molecule has 0 saturated carbocycles. The molecule has 1 atom stereocenters. The molecule has 30 heavy (non-hydrogen) atoms. The van der Waals surface area contributed by atoms with Crippen LogP contribution in [0.1, 0.15) is 18.5 Å². The minimum Gasteiger partial charge on any atom is -0.439 e. The van der Waals surface area contributed by atoms with Crippen LogP contribution in [-0.2, 0) is 15.7 Å². The maximum atomic E-state index is 12.7. The van der Waals surface area contributed by atoms with Gasteiger partial charge in [0.05, 0.1) is 6.04 Å². The number of anilines is 1. The van der Waals surface area contributed by atoms with E-state index in [1.807, 2.05) is 0 Å². The van der Waals surface area contributed by atoms with Gasteiger partial charge in [0, 0.05) is 25.0 Å². The molecule has 1 amide bonds. The lowest BCUT2D eigenvalue weighted by molar-refractivity contribution is -0.141. The van der Waals surface area contributed by atoms with Crippen LogP contribution in [0.15, 0.2) is 42.5 Å². The van der Waals surface area contributed by atoms with Crippen molar-refractivity contribution < 1.29 is 27.4 Å². The normalized spacial score (nSPS) is 15.3. The Morgan fingerprint density at radius 2 is 1.77 bits per heavy atom. The van der Waals surface area contributed by atoms with Crippen molar-refractivity contribution in [2.24, 2.45) is 11.7 Å². The zero-order chi connectivity index (χ0) is 20.1. The Hall–Kier alpha value is -2.07. The van der Waals surface area contributed by atoms with Gasteiger partial charge in [0.2, 0.25) is 11.8 Å². The van der Waals surface area contributed by atoms with E-state index in [0.717, 1.165) is 18.9 Å². The molecule has 1 fully saturated rings. The first kappa shape index (κ1) is 26.0. The Balaban J connectivity index is 0.00000225. The van der Waals surface area contributed by atoms with E-state index in [1.54, 1.807) is 12.1 Å². The molecule has 0 radical (unpaired) electrons. The molecular formula is C19H22Cl2F3N3O3. The van der Waals surface area contributed by atoms with E-state index in [2.05, 4.69) is 10.3 Å². The number of nitrogens with zero attached hydrogens (tertiary/aromatic N) is 1. The Morgan fingerprint density at radius 1 is 1.13 bits per heavy atom. The van der Waals surface area contributed by atoms with Gasteiger partial charge < -0.3 is 20.5 Å². The van der Waals surface area contributed by atoms with Crippen LogP contribution in [-0.4, -0.2) is 30.1 Å². The highest BCUT2D eigenvalue weighted by Gasteiger charge is 2.32. The fourth-order valence-electron chi connectivity index (χ4n) is 2.87. The van der Waals surface area contributed by atoms with Gasteiger partial charge in [-0.05, 0) is 49.1 Å². The highest BCUT2D eigenvalue weighted by atomic mass is 35.5. The number of hydrogen-bond acceptors (Lipinski definition) is 5. The minimum atomic E-state index is -4.54. The van der Waals surface area contributed by atoms with Crippen molar-refractivity contribution >= 4 is 36.4 Å². The molecule has 11 heteroatoms. The lowest BCUT2D eigenvalue weighted by Crippen LogP contribution is -2.43. The van der Waals surface area contributed by atoms with Crippen molar-refractivity contribution in [3.8, 4) is 11.6 Å². The van der Waals surface area contributed by atoms with Crippen molar-refractivity contribution in [3.63, 3.8) is 0 Å². The fourth-order valence-corrected chi connectivity index (χ4v) is 2.87. The van der Waals surface area contributed by atoms with Crippen LogP contribution in [0.2, 0.25) is 0 Å². The number of halogens is 5. The molecule has 1 aliphatic heterocycles. The predicted octanol–water partition coefficient (Wildman–Crippen LogP) is 4.43. The molecule has 1 aromatic carbocycles. The van der Waals surface area contributed by atoms with Gasteiger partial charge in [-0.2, -0.15) is 13.2 Å². The first-order valence-electron chi connectivity index (χ1n) is 8.79. The molecule has 3 rings (SSSR count). The molecule has 0 bridgehead atoms. The summed E-state index contributed by atoms with van der Waals surface area (Å²) < 4.78 is 48.7. The lowest BCUT2D eigenvalue weighted by atomic mass is 9.92. The number of carbonyl (C=O) groups is 1. The molecular weight excluding hydrogens is 446 g/mol. The number of benzene rings is 1. The van der Waals surface area contributed by atoms with Crippen LogP contribution in [0.5, 0.6) is 11.6 Å². The van der Waals surface area contributed by atoms with Gasteiger partial charge in [0.15, 0.2) is 0 Å². The van der Waals surface area contributed by atoms with Crippen LogP contribution in [0, 0.1) is 5.92 Å². The molecule has 6 nitrogen and oxygen atoms in total. The summed E-state index contributed by atoms with van der Waals surface area (Å²) in [4.78, 5) is 15.7. The molecule has 1 aromatic heterocycles. The Bertz CT molecular complexity index is 817. The number of ether oxygens (including phenoxy) is 2. The third-order valence-electron chi connectivity index (χ3n) is 4.43. The molecule has 0 spiro atoms. The number of hydrogen-bond donors (Lipinski definition) is 2. The average Bonchev–Trinajstić information content (AvgIpc) is 2.69. The third-order valence-corrected chi connectivity index (χ3v) is 4.43. The maximum Gasteiger partial charge on any atom is 0.433 e. The largest absolute Gasteiger partial charge is 0.439 e. The zero-order valence-electron chi connectivity index (χ0n) is 15.7. The number of carbonyl (C=O) groups excluding carboxylic acids is 1. The molecule has 1 unspecified atom stereocenters. The lowest BCUT2D eigenvalue weighted by Gasteiger charge is -2.26. The summed E-state index contributed by atoms with van der Waals surface area (Å²) in [7, 11) is 0. The second-order valence-electron chi connectivity index (χ2n) is 6.45. The number of rotatable bonds is 5. The molecule has 2 heterocycles. The highest BCUT2D eigenvalue weighted by Crippen LogP contribution is 2.30. The van der Waals surface area contributed by atoms with Crippen LogP contribution in [0.3, 0.4) is 0 Å². The first-order chi connectivity index (χ1) is 13.3. The third kappa shape index (κ3) is 7.02. The van der Waals surface area contributed by atoms with Crippen molar-refractivity contribution in [3.05, 3.63) is 48.2 Å². The summed E-state index contributed by atoms with van der Waals surface area (Å²) in [5.74, 6) is -0.102. The number of pyridine rings is 1. The second kappa shape index (κ2) is 11.4. The van der Waals surface area contributed by atoms with Crippen LogP contribution >= 0.6 is 24.8 Å². The Kier molecular flexibility index (Phi) is 9.83. The highest BCUT2D eigenvalue weighted by molar-refractivity contribution is 5.94. The van der Waals surface area contributed by atoms with Crippen LogP contribution in [0.4, 0.5) is 18.9 Å². The van der Waals surface area contributed by atoms with E-state index >= 15 is 0 Å². The molecule has 166 valence electrons. The van der Waals surface area contributed by atoms with Crippen molar-refractivity contribution in [2.45, 2.75) is 25.1 Å². The topological polar surface area (TPSA) is 86.5 Å². The van der Waals surface area contributed by atoms with Gasteiger partial charge in [-0.15, -0.1) is 24.8 Å². The SMILES string of the molecule is Cl.Cl.NC(C(=O)Nc1ccc(Oc2cccc(C(F)(F)F)n2)cc1)C1CCOCC1. The summed E-state index contributed by atoms with van der Waals surface area (Å²) in [6.45, 7) is 1.20. The zero-order valence-corrected chi connectivity index (χ0v) is 17.4. The fraction of sp³-hybridized carbons (Fsp3) is 0.368. The summed E-state index contributed by atoms with van der Waals surface area (Å²) in [6, 6.07) is 9.00. The quantitative estimate of drug-likeness (QED) is 0.678. The van der Waals surface area contributed by atoms with Crippen molar-refractivity contribution in [1.29, 1.82) is 0 Å². The molecule has 1 aliphatic rings. The number of aromatic nitrogens is 1. The monoisotopic (exact) mass is 467 g/mol. The smallest absolute Gasteiger partial charge is 0.433 e. The van der Waals surface area contributed by atoms with Crippen molar-refractivity contribution in [2.75, 3.05) is 18.5 Å². The van der Waals surface area contributed by atoms with E-state index < -0.39 is 17.9 Å². The number of nitrogens with one attached hydrogen (secondary N) is 1. The van der Waals surface area contributed by atoms with E-state index in [9.17, 15) is 18.0 Å². The van der Waals surface area contributed by atoms with Gasteiger partial charge in [-0.1, -0.05) is 6.07 Å². The van der Waals surface area contributed by atoms with Gasteiger partial charge >= 0.3 is 6.18 Å². The van der Waals surface area contributed by atoms with Gasteiger partial charge in [-0.25, -0.2) is 4.98 Å². The molecule has 3 N–H and O–H groups in total. The van der Waals surface area contributed by atoms with E-state index in [-0.39, 0.29) is 42.5 Å². The summed E-state index contributed by atoms with van der Waals surface area (Å²) >= 11 is 0. The minimum absolute atomic E-state index is 0. The van der Waals surface area contributed by atoms with Gasteiger partial charge in [-0.3, -0.25) is 4.79 Å². The maximum absolute atomic E-state index is 12.7. The number of alkyl halides is 3. The van der Waals surface area contributed by atoms with Crippen molar-refractivity contribution in [1.82, 2.24) is 4.98 Å². The van der Waals surface area contributed by atoms with E-state index in [1.165, 1.54) is 24.3 Å². The molecule has 0 aliphatic carbocycles. The summed E-state index contributed by atoms with van der Waals surface area (Å²) in [5.41, 5.74) is 5.51. The first-order valence-corrected chi connectivity index (χ1v) is 8.79.